The van der Waals surface area contributed by atoms with E-state index in [2.05, 4.69) is 22.8 Å². The molecule has 140 valence electrons. The van der Waals surface area contributed by atoms with E-state index in [1.54, 1.807) is 4.90 Å². The molecular weight excluding hydrogens is 353 g/mol. The quantitative estimate of drug-likeness (QED) is 0.633. The molecule has 0 spiro atoms. The van der Waals surface area contributed by atoms with E-state index in [0.717, 1.165) is 24.1 Å². The number of carbonyl (C=O) groups is 1. The van der Waals surface area contributed by atoms with Gasteiger partial charge in [-0.3, -0.25) is 4.79 Å². The van der Waals surface area contributed by atoms with E-state index in [1.807, 2.05) is 19.2 Å². The summed E-state index contributed by atoms with van der Waals surface area (Å²) < 4.78 is 40.2. The summed E-state index contributed by atoms with van der Waals surface area (Å²) in [7, 11) is 2.03. The van der Waals surface area contributed by atoms with Crippen LogP contribution in [0, 0.1) is 0 Å². The Morgan fingerprint density at radius 3 is 2.44 bits per heavy atom. The largest absolute Gasteiger partial charge is 0.416 e. The lowest BCUT2D eigenvalue weighted by Crippen LogP contribution is -2.28. The molecule has 1 fully saturated rings. The molecule has 2 heterocycles. The second kappa shape index (κ2) is 6.44. The number of fused-ring (bicyclic) bond motifs is 1. The van der Waals surface area contributed by atoms with Crippen molar-refractivity contribution in [2.45, 2.75) is 18.5 Å². The number of nitrogens with zero attached hydrogens (tertiary/aromatic N) is 2. The normalized spacial score (nSPS) is 17.6. The molecule has 0 N–H and O–H groups in total. The third kappa shape index (κ3) is 3.20. The summed E-state index contributed by atoms with van der Waals surface area (Å²) in [5, 5.41) is 1.17. The van der Waals surface area contributed by atoms with Crippen molar-refractivity contribution < 1.29 is 18.0 Å². The molecular formula is C21H19F3N2O. The minimum Gasteiger partial charge on any atom is -0.347 e. The lowest BCUT2D eigenvalue weighted by Gasteiger charge is -2.17. The first-order valence-corrected chi connectivity index (χ1v) is 8.85. The van der Waals surface area contributed by atoms with Crippen LogP contribution in [0.3, 0.4) is 0 Å². The fraction of sp³-hybridized carbons (Fsp3) is 0.286. The monoisotopic (exact) mass is 372 g/mol. The molecule has 1 atom stereocenters. The number of halogens is 3. The van der Waals surface area contributed by atoms with Gasteiger partial charge in [-0.1, -0.05) is 18.2 Å². The van der Waals surface area contributed by atoms with Crippen LogP contribution in [0.2, 0.25) is 0 Å². The second-order valence-electron chi connectivity index (χ2n) is 7.00. The van der Waals surface area contributed by atoms with E-state index in [-0.39, 0.29) is 11.8 Å². The maximum Gasteiger partial charge on any atom is 0.416 e. The van der Waals surface area contributed by atoms with Crippen LogP contribution in [0.4, 0.5) is 13.2 Å². The van der Waals surface area contributed by atoms with Gasteiger partial charge in [-0.2, -0.15) is 13.2 Å². The van der Waals surface area contributed by atoms with Gasteiger partial charge in [0.2, 0.25) is 0 Å². The molecule has 1 aliphatic rings. The van der Waals surface area contributed by atoms with Crippen molar-refractivity contribution in [1.29, 1.82) is 0 Å². The van der Waals surface area contributed by atoms with Crippen LogP contribution in [0.5, 0.6) is 0 Å². The fourth-order valence-electron chi connectivity index (χ4n) is 3.87. The van der Waals surface area contributed by atoms with Crippen molar-refractivity contribution >= 4 is 16.8 Å². The van der Waals surface area contributed by atoms with E-state index in [0.29, 0.717) is 18.7 Å². The Bertz CT molecular complexity index is 989. The van der Waals surface area contributed by atoms with Gasteiger partial charge >= 0.3 is 6.18 Å². The summed E-state index contributed by atoms with van der Waals surface area (Å²) >= 11 is 0. The third-order valence-corrected chi connectivity index (χ3v) is 5.34. The van der Waals surface area contributed by atoms with Crippen molar-refractivity contribution in [3.05, 3.63) is 71.4 Å². The smallest absolute Gasteiger partial charge is 0.347 e. The van der Waals surface area contributed by atoms with E-state index in [1.165, 1.54) is 23.2 Å². The standard InChI is InChI=1S/C21H19F3N2O/c1-25-18-5-3-2-4-15(18)12-19(25)16-10-11-26(13-16)20(27)14-6-8-17(9-7-14)21(22,23)24/h2-9,12,16H,10-11,13H2,1H3. The SMILES string of the molecule is Cn1c(C2CCN(C(=O)c3ccc(C(F)(F)F)cc3)C2)cc2ccccc21. The molecule has 27 heavy (non-hydrogen) atoms. The number of hydrogen-bond donors (Lipinski definition) is 0. The zero-order chi connectivity index (χ0) is 19.2. The number of para-hydroxylation sites is 1. The number of rotatable bonds is 2. The molecule has 1 aromatic heterocycles. The maximum absolute atomic E-state index is 12.7. The first kappa shape index (κ1) is 17.6. The van der Waals surface area contributed by atoms with Gasteiger partial charge in [-0.15, -0.1) is 0 Å². The molecule has 1 aliphatic heterocycles. The molecule has 1 amide bonds. The summed E-state index contributed by atoms with van der Waals surface area (Å²) in [5.74, 6) is 0.00536. The van der Waals surface area contributed by atoms with Crippen molar-refractivity contribution in [2.75, 3.05) is 13.1 Å². The molecule has 3 nitrogen and oxygen atoms in total. The van der Waals surface area contributed by atoms with Crippen LogP contribution in [-0.4, -0.2) is 28.5 Å². The Hall–Kier alpha value is -2.76. The number of amides is 1. The summed E-state index contributed by atoms with van der Waals surface area (Å²) in [6.45, 7) is 1.18. The van der Waals surface area contributed by atoms with Crippen molar-refractivity contribution in [2.24, 2.45) is 7.05 Å². The molecule has 0 saturated carbocycles. The Kier molecular flexibility index (Phi) is 4.21. The highest BCUT2D eigenvalue weighted by Gasteiger charge is 2.32. The predicted molar refractivity (Wildman–Crippen MR) is 97.6 cm³/mol. The molecule has 6 heteroatoms. The Morgan fingerprint density at radius 2 is 1.78 bits per heavy atom. The van der Waals surface area contributed by atoms with E-state index in [9.17, 15) is 18.0 Å². The highest BCUT2D eigenvalue weighted by molar-refractivity contribution is 5.94. The Morgan fingerprint density at radius 1 is 1.07 bits per heavy atom. The van der Waals surface area contributed by atoms with Gasteiger partial charge in [0.05, 0.1) is 5.56 Å². The minimum absolute atomic E-state index is 0.218. The number of aryl methyl sites for hydroxylation is 1. The first-order chi connectivity index (χ1) is 12.8. The number of likely N-dealkylation sites (tertiary alicyclic amines) is 1. The van der Waals surface area contributed by atoms with Gasteiger partial charge in [-0.05, 0) is 48.2 Å². The highest BCUT2D eigenvalue weighted by Crippen LogP contribution is 2.33. The van der Waals surface area contributed by atoms with Crippen LogP contribution in [-0.2, 0) is 13.2 Å². The van der Waals surface area contributed by atoms with E-state index < -0.39 is 11.7 Å². The maximum atomic E-state index is 12.7. The number of benzene rings is 2. The van der Waals surface area contributed by atoms with Gasteiger partial charge in [-0.25, -0.2) is 0 Å². The van der Waals surface area contributed by atoms with Crippen LogP contribution in [0.15, 0.2) is 54.6 Å². The minimum atomic E-state index is -4.39. The van der Waals surface area contributed by atoms with Gasteiger partial charge in [0.15, 0.2) is 0 Å². The molecule has 3 aromatic rings. The van der Waals surface area contributed by atoms with Gasteiger partial charge in [0.1, 0.15) is 0 Å². The molecule has 2 aromatic carbocycles. The number of aromatic nitrogens is 1. The van der Waals surface area contributed by atoms with Crippen LogP contribution >= 0.6 is 0 Å². The average Bonchev–Trinajstić information content (AvgIpc) is 3.26. The Balaban J connectivity index is 1.52. The Labute approximate surface area is 155 Å². The summed E-state index contributed by atoms with van der Waals surface area (Å²) in [6.07, 6.45) is -3.55. The second-order valence-corrected chi connectivity index (χ2v) is 7.00. The zero-order valence-electron chi connectivity index (χ0n) is 14.8. The van der Waals surface area contributed by atoms with Gasteiger partial charge < -0.3 is 9.47 Å². The fourth-order valence-corrected chi connectivity index (χ4v) is 3.87. The van der Waals surface area contributed by atoms with E-state index >= 15 is 0 Å². The summed E-state index contributed by atoms with van der Waals surface area (Å²) in [4.78, 5) is 14.4. The van der Waals surface area contributed by atoms with E-state index in [4.69, 9.17) is 0 Å². The molecule has 4 rings (SSSR count). The topological polar surface area (TPSA) is 25.2 Å². The van der Waals surface area contributed by atoms with Gasteiger partial charge in [0, 0.05) is 42.8 Å². The summed E-state index contributed by atoms with van der Waals surface area (Å²) in [6, 6.07) is 14.7. The zero-order valence-corrected chi connectivity index (χ0v) is 14.8. The molecule has 0 aliphatic carbocycles. The number of alkyl halides is 3. The van der Waals surface area contributed by atoms with Crippen LogP contribution in [0.1, 0.15) is 34.0 Å². The third-order valence-electron chi connectivity index (χ3n) is 5.34. The average molecular weight is 372 g/mol. The van der Waals surface area contributed by atoms with Crippen LogP contribution in [0.25, 0.3) is 10.9 Å². The van der Waals surface area contributed by atoms with Crippen molar-refractivity contribution in [3.63, 3.8) is 0 Å². The molecule has 0 bridgehead atoms. The predicted octanol–water partition coefficient (Wildman–Crippen LogP) is 4.83. The lowest BCUT2D eigenvalue weighted by molar-refractivity contribution is -0.137. The molecule has 0 radical (unpaired) electrons. The number of carbonyl (C=O) groups excluding carboxylic acids is 1. The molecule has 1 saturated heterocycles. The van der Waals surface area contributed by atoms with Gasteiger partial charge in [0.25, 0.3) is 5.91 Å². The van der Waals surface area contributed by atoms with Crippen molar-refractivity contribution in [1.82, 2.24) is 9.47 Å². The lowest BCUT2D eigenvalue weighted by atomic mass is 10.0. The van der Waals surface area contributed by atoms with Crippen LogP contribution < -0.4 is 0 Å². The summed E-state index contributed by atoms with van der Waals surface area (Å²) in [5.41, 5.74) is 1.88. The molecule has 1 unspecified atom stereocenters. The number of hydrogen-bond acceptors (Lipinski definition) is 1. The highest BCUT2D eigenvalue weighted by atomic mass is 19.4. The first-order valence-electron chi connectivity index (χ1n) is 8.85. The van der Waals surface area contributed by atoms with Crippen molar-refractivity contribution in [3.8, 4) is 0 Å².